The van der Waals surface area contributed by atoms with Crippen molar-refractivity contribution in [2.45, 2.75) is 40.2 Å². The third-order valence-electron chi connectivity index (χ3n) is 6.45. The molecule has 4 rings (SSSR count). The number of benzene rings is 2. The fourth-order valence-electron chi connectivity index (χ4n) is 4.89. The first-order valence-corrected chi connectivity index (χ1v) is 12.6. The summed E-state index contributed by atoms with van der Waals surface area (Å²) in [6, 6.07) is 9.49. The zero-order valence-corrected chi connectivity index (χ0v) is 23.1. The van der Waals surface area contributed by atoms with Crippen molar-refractivity contribution in [3.63, 3.8) is 0 Å². The number of hydrogen-bond acceptors (Lipinski definition) is 5. The lowest BCUT2D eigenvalue weighted by atomic mass is 9.87. The summed E-state index contributed by atoms with van der Waals surface area (Å²) in [5.41, 5.74) is 5.19. The molecule has 1 N–H and O–H groups in total. The monoisotopic (exact) mass is 553 g/mol. The maximum absolute atomic E-state index is 13.6. The average molecular weight is 555 g/mol. The molecular weight excluding hydrogens is 526 g/mol. The van der Waals surface area contributed by atoms with Gasteiger partial charge in [0.2, 0.25) is 0 Å². The first-order valence-electron chi connectivity index (χ1n) is 11.4. The summed E-state index contributed by atoms with van der Waals surface area (Å²) in [5, 5.41) is 2.72. The molecule has 6 nitrogen and oxygen atoms in total. The largest absolute Gasteiger partial charge is 0.496 e. The van der Waals surface area contributed by atoms with Gasteiger partial charge in [-0.05, 0) is 88.3 Å². The van der Waals surface area contributed by atoms with E-state index in [1.807, 2.05) is 31.2 Å². The molecule has 2 amide bonds. The van der Waals surface area contributed by atoms with Crippen LogP contribution in [-0.4, -0.2) is 36.1 Å². The van der Waals surface area contributed by atoms with E-state index in [1.54, 1.807) is 19.3 Å². The Balaban J connectivity index is 1.84. The Morgan fingerprint density at radius 1 is 1.14 bits per heavy atom. The number of ether oxygens (including phenoxy) is 1. The van der Waals surface area contributed by atoms with Crippen LogP contribution in [0.25, 0.3) is 11.6 Å². The van der Waals surface area contributed by atoms with E-state index in [1.165, 1.54) is 4.90 Å². The minimum atomic E-state index is -0.533. The van der Waals surface area contributed by atoms with Crippen molar-refractivity contribution in [3.8, 4) is 5.75 Å². The van der Waals surface area contributed by atoms with E-state index in [0.717, 1.165) is 33.4 Å². The fraction of sp³-hybridized carbons (Fsp3) is 0.296. The van der Waals surface area contributed by atoms with Crippen LogP contribution in [0.2, 0.25) is 0 Å². The third-order valence-corrected chi connectivity index (χ3v) is 7.22. The number of nitrogens with zero attached hydrogens (tertiary/aromatic N) is 2. The van der Waals surface area contributed by atoms with Gasteiger partial charge in [0.15, 0.2) is 5.11 Å². The lowest BCUT2D eigenvalue weighted by Crippen LogP contribution is -2.54. The second-order valence-corrected chi connectivity index (χ2v) is 10.5. The molecule has 0 aromatic heterocycles. The minimum absolute atomic E-state index is 0.00992. The van der Waals surface area contributed by atoms with Gasteiger partial charge in [-0.15, -0.1) is 0 Å². The lowest BCUT2D eigenvalue weighted by Gasteiger charge is -2.43. The second-order valence-electron chi connectivity index (χ2n) is 9.23. The summed E-state index contributed by atoms with van der Waals surface area (Å²) >= 11 is 8.81. The van der Waals surface area contributed by atoms with E-state index in [9.17, 15) is 9.59 Å². The number of rotatable bonds is 4. The van der Waals surface area contributed by atoms with Gasteiger partial charge in [0.05, 0.1) is 18.3 Å². The number of hydrogen-bond donors (Lipinski definition) is 1. The smallest absolute Gasteiger partial charge is 0.270 e. The van der Waals surface area contributed by atoms with Crippen molar-refractivity contribution in [1.29, 1.82) is 0 Å². The summed E-state index contributed by atoms with van der Waals surface area (Å²) in [6.45, 7) is 11.3. The van der Waals surface area contributed by atoms with Crippen molar-refractivity contribution in [3.05, 3.63) is 63.1 Å². The van der Waals surface area contributed by atoms with Crippen LogP contribution in [0.4, 0.5) is 11.4 Å². The van der Waals surface area contributed by atoms with Crippen LogP contribution < -0.4 is 19.9 Å². The van der Waals surface area contributed by atoms with E-state index >= 15 is 0 Å². The minimum Gasteiger partial charge on any atom is -0.496 e. The zero-order chi connectivity index (χ0) is 25.7. The molecule has 182 valence electrons. The highest BCUT2D eigenvalue weighted by Gasteiger charge is 2.36. The Kier molecular flexibility index (Phi) is 6.64. The van der Waals surface area contributed by atoms with Gasteiger partial charge in [0, 0.05) is 33.9 Å². The first-order chi connectivity index (χ1) is 16.5. The molecule has 2 aromatic carbocycles. The fourth-order valence-corrected chi connectivity index (χ4v) is 5.64. The number of amides is 2. The van der Waals surface area contributed by atoms with Gasteiger partial charge in [-0.1, -0.05) is 22.0 Å². The Bertz CT molecular complexity index is 1330. The van der Waals surface area contributed by atoms with E-state index in [0.29, 0.717) is 17.0 Å². The van der Waals surface area contributed by atoms with Gasteiger partial charge in [-0.2, -0.15) is 0 Å². The summed E-state index contributed by atoms with van der Waals surface area (Å²) in [5.74, 6) is -0.428. The van der Waals surface area contributed by atoms with Crippen molar-refractivity contribution in [1.82, 2.24) is 5.32 Å². The highest BCUT2D eigenvalue weighted by molar-refractivity contribution is 9.10. The molecule has 0 spiro atoms. The number of allylic oxidation sites excluding steroid dienone is 1. The van der Waals surface area contributed by atoms with Crippen LogP contribution in [-0.2, 0) is 9.59 Å². The molecule has 0 saturated carbocycles. The summed E-state index contributed by atoms with van der Waals surface area (Å²) in [7, 11) is 1.59. The number of carbonyl (C=O) groups is 2. The Morgan fingerprint density at radius 3 is 2.49 bits per heavy atom. The highest BCUT2D eigenvalue weighted by atomic mass is 79.9. The van der Waals surface area contributed by atoms with Crippen LogP contribution in [0.3, 0.4) is 0 Å². The third kappa shape index (κ3) is 4.41. The molecule has 35 heavy (non-hydrogen) atoms. The predicted octanol–water partition coefficient (Wildman–Crippen LogP) is 5.62. The summed E-state index contributed by atoms with van der Waals surface area (Å²) in [4.78, 5) is 30.1. The number of likely N-dealkylation sites (N-methyl/N-ethyl adjacent to an activating group) is 1. The maximum Gasteiger partial charge on any atom is 0.270 e. The molecule has 2 aliphatic rings. The van der Waals surface area contributed by atoms with Crippen LogP contribution >= 0.6 is 28.1 Å². The van der Waals surface area contributed by atoms with E-state index in [-0.39, 0.29) is 16.2 Å². The van der Waals surface area contributed by atoms with E-state index in [4.69, 9.17) is 17.0 Å². The number of thiocarbonyl (C=S) groups is 1. The normalized spacial score (nSPS) is 18.4. The van der Waals surface area contributed by atoms with Gasteiger partial charge in [0.1, 0.15) is 11.3 Å². The maximum atomic E-state index is 13.6. The average Bonchev–Trinajstić information content (AvgIpc) is 2.77. The van der Waals surface area contributed by atoms with Gasteiger partial charge in [-0.25, -0.2) is 0 Å². The van der Waals surface area contributed by atoms with Gasteiger partial charge < -0.3 is 9.64 Å². The lowest BCUT2D eigenvalue weighted by molar-refractivity contribution is -0.122. The van der Waals surface area contributed by atoms with Crippen LogP contribution in [0.15, 0.2) is 46.5 Å². The molecule has 2 heterocycles. The van der Waals surface area contributed by atoms with Crippen molar-refractivity contribution in [2.24, 2.45) is 0 Å². The van der Waals surface area contributed by atoms with Crippen molar-refractivity contribution < 1.29 is 14.3 Å². The molecule has 0 radical (unpaired) electrons. The molecule has 1 saturated heterocycles. The molecule has 2 aromatic rings. The number of halogens is 1. The number of methoxy groups -OCH3 is 1. The van der Waals surface area contributed by atoms with Crippen molar-refractivity contribution >= 4 is 68.1 Å². The van der Waals surface area contributed by atoms with Crippen LogP contribution in [0.1, 0.15) is 44.4 Å². The van der Waals surface area contributed by atoms with Gasteiger partial charge >= 0.3 is 0 Å². The zero-order valence-electron chi connectivity index (χ0n) is 20.7. The topological polar surface area (TPSA) is 61.9 Å². The molecular formula is C27H28BrN3O3S. The molecule has 0 unspecified atom stereocenters. The van der Waals surface area contributed by atoms with Crippen LogP contribution in [0, 0.1) is 6.92 Å². The standard InChI is InChI=1S/C27H28BrN3O3S/c1-7-30-22-13-23(34-6)17(11-19(22)16(3)14-27(30,4)5)12-20-24(32)29-26(35)31(25(20)33)21-9-8-18(28)10-15(21)2/h8-14H,7H2,1-6H3,(H,29,32,35)/b20-12-. The van der Waals surface area contributed by atoms with E-state index < -0.39 is 11.8 Å². The molecule has 0 aliphatic carbocycles. The summed E-state index contributed by atoms with van der Waals surface area (Å²) < 4.78 is 6.60. The number of nitrogens with one attached hydrogen (secondary N) is 1. The molecule has 0 atom stereocenters. The first kappa shape index (κ1) is 25.1. The molecule has 2 aliphatic heterocycles. The Hall–Kier alpha value is -2.97. The SMILES string of the molecule is CCN1c2cc(OC)c(/C=C3/C(=O)NC(=S)N(c4ccc(Br)cc4C)C3=O)cc2C(C)=CC1(C)C. The van der Waals surface area contributed by atoms with Crippen molar-refractivity contribution in [2.75, 3.05) is 23.5 Å². The Labute approximate surface area is 219 Å². The Morgan fingerprint density at radius 2 is 1.86 bits per heavy atom. The number of aryl methyl sites for hydroxylation is 1. The second kappa shape index (κ2) is 9.24. The van der Waals surface area contributed by atoms with E-state index in [2.05, 4.69) is 59.9 Å². The highest BCUT2D eigenvalue weighted by Crippen LogP contribution is 2.42. The number of fused-ring (bicyclic) bond motifs is 1. The molecule has 8 heteroatoms. The molecule has 0 bridgehead atoms. The number of carbonyl (C=O) groups excluding carboxylic acids is 2. The van der Waals surface area contributed by atoms with Crippen LogP contribution in [0.5, 0.6) is 5.75 Å². The predicted molar refractivity (Wildman–Crippen MR) is 149 cm³/mol. The quantitative estimate of drug-likeness (QED) is 0.302. The number of anilines is 2. The summed E-state index contributed by atoms with van der Waals surface area (Å²) in [6.07, 6.45) is 3.82. The van der Waals surface area contributed by atoms with Gasteiger partial charge in [0.25, 0.3) is 11.8 Å². The molecule has 1 fully saturated rings. The van der Waals surface area contributed by atoms with Gasteiger partial charge in [-0.3, -0.25) is 19.8 Å².